The first-order chi connectivity index (χ1) is 18.8. The van der Waals surface area contributed by atoms with Gasteiger partial charge in [-0.2, -0.15) is 21.6 Å². The maximum absolute atomic E-state index is 11.8. The molecule has 0 spiro atoms. The number of rotatable bonds is 19. The molecule has 0 radical (unpaired) electrons. The first kappa shape index (κ1) is 38.8. The largest absolute Gasteiger partial charge is 0.490 e. The Kier molecular flexibility index (Phi) is 14.0. The number of hydrogen-bond acceptors (Lipinski definition) is 16. The fraction of sp³-hybridized carbons (Fsp3) is 0.364. The molecule has 0 saturated heterocycles. The molecule has 42 heavy (non-hydrogen) atoms. The summed E-state index contributed by atoms with van der Waals surface area (Å²) in [5.41, 5.74) is 0.0262. The van der Waals surface area contributed by atoms with Crippen molar-refractivity contribution < 1.29 is 97.4 Å². The molecule has 5 unspecified atom stereocenters. The SMILES string of the molecule is O=C(CNc1cccc([N+](=O)[O-])c1)NCCCOP(=O)(O)OP(=O)(O)OP(=O)(O)OP(=O)(O)OP(=O)(O)OP(=O)(O)O. The minimum atomic E-state index is -6.38. The number of phosphoric ester groups is 1. The predicted octanol–water partition coefficient (Wildman–Crippen LogP) is 1.21. The third-order valence-corrected chi connectivity index (χ3v) is 12.2. The highest BCUT2D eigenvalue weighted by molar-refractivity contribution is 7.72. The number of nitrogens with one attached hydrogen (secondary N) is 2. The Labute approximate surface area is 233 Å². The van der Waals surface area contributed by atoms with Gasteiger partial charge in [-0.05, 0) is 12.5 Å². The smallest absolute Gasteiger partial charge is 0.376 e. The van der Waals surface area contributed by atoms with Crippen molar-refractivity contribution in [1.29, 1.82) is 0 Å². The van der Waals surface area contributed by atoms with Crippen LogP contribution in [0.5, 0.6) is 0 Å². The molecule has 1 aromatic carbocycles. The van der Waals surface area contributed by atoms with Crippen molar-refractivity contribution in [3.63, 3.8) is 0 Å². The zero-order valence-electron chi connectivity index (χ0n) is 20.0. The Hall–Kier alpha value is -1.25. The highest BCUT2D eigenvalue weighted by Crippen LogP contribution is 2.74. The molecule has 0 aromatic heterocycles. The van der Waals surface area contributed by atoms with Gasteiger partial charge in [0.05, 0.1) is 18.1 Å². The molecule has 0 aliphatic carbocycles. The van der Waals surface area contributed by atoms with Crippen LogP contribution in [0.3, 0.4) is 0 Å². The summed E-state index contributed by atoms with van der Waals surface area (Å²) in [5.74, 6) is -0.632. The van der Waals surface area contributed by atoms with Crippen molar-refractivity contribution in [2.45, 2.75) is 6.42 Å². The molecule has 0 fully saturated rings. The average Bonchev–Trinajstić information content (AvgIpc) is 2.72. The standard InChI is InChI=1S/C11H21N3O22P6/c15-11(8-13-9-3-1-4-10(7-9)14(16)17)12-5-2-6-31-38(21,22)33-40(25,26)35-42(29,30)36-41(27,28)34-39(23,24)32-37(18,19)20/h1,3-4,7,13H,2,5-6,8H2,(H,12,15)(H,21,22)(H,23,24)(H,25,26)(H,27,28)(H,29,30)(H2,18,19,20). The minimum absolute atomic E-state index is 0.214. The monoisotopic (exact) mass is 733 g/mol. The third-order valence-electron chi connectivity index (χ3n) is 3.44. The third kappa shape index (κ3) is 17.1. The second-order valence-corrected chi connectivity index (χ2v) is 16.1. The molecule has 9 N–H and O–H groups in total. The van der Waals surface area contributed by atoms with E-state index < -0.39 is 64.4 Å². The zero-order chi connectivity index (χ0) is 32.6. The second kappa shape index (κ2) is 15.2. The van der Waals surface area contributed by atoms with Crippen molar-refractivity contribution in [2.75, 3.05) is 25.0 Å². The summed E-state index contributed by atoms with van der Waals surface area (Å²) < 4.78 is 89.7. The Balaban J connectivity index is 2.53. The van der Waals surface area contributed by atoms with Crippen molar-refractivity contribution in [3.8, 4) is 0 Å². The van der Waals surface area contributed by atoms with Gasteiger partial charge < -0.3 is 44.9 Å². The van der Waals surface area contributed by atoms with Crippen LogP contribution in [0.25, 0.3) is 0 Å². The Morgan fingerprint density at radius 1 is 0.786 bits per heavy atom. The molecule has 1 amide bonds. The lowest BCUT2D eigenvalue weighted by molar-refractivity contribution is -0.384. The van der Waals surface area contributed by atoms with E-state index in [0.717, 1.165) is 0 Å². The molecule has 5 atom stereocenters. The summed E-state index contributed by atoms with van der Waals surface area (Å²) in [5, 5.41) is 15.7. The number of hydrogen-bond donors (Lipinski definition) is 9. The summed E-state index contributed by atoms with van der Waals surface area (Å²) in [6.45, 7) is -1.31. The van der Waals surface area contributed by atoms with Gasteiger partial charge in [0.2, 0.25) is 5.91 Å². The van der Waals surface area contributed by atoms with E-state index >= 15 is 0 Å². The van der Waals surface area contributed by atoms with Gasteiger partial charge in [-0.3, -0.25) is 19.4 Å². The molecular formula is C11H21N3O22P6. The molecule has 31 heteroatoms. The van der Waals surface area contributed by atoms with E-state index in [1.807, 2.05) is 0 Å². The van der Waals surface area contributed by atoms with Gasteiger partial charge in [0.1, 0.15) is 0 Å². The first-order valence-electron chi connectivity index (χ1n) is 9.97. The van der Waals surface area contributed by atoms with Gasteiger partial charge in [0, 0.05) is 24.4 Å². The molecule has 0 heterocycles. The molecular weight excluding hydrogens is 712 g/mol. The van der Waals surface area contributed by atoms with Crippen LogP contribution >= 0.6 is 46.9 Å². The molecule has 242 valence electrons. The number of nitro groups is 1. The van der Waals surface area contributed by atoms with Crippen LogP contribution in [0.4, 0.5) is 11.4 Å². The number of phosphoric acid groups is 6. The van der Waals surface area contributed by atoms with Gasteiger partial charge in [0.25, 0.3) is 5.69 Å². The van der Waals surface area contributed by atoms with Gasteiger partial charge in [-0.15, -0.1) is 0 Å². The number of nitro benzene ring substituents is 1. The van der Waals surface area contributed by atoms with Crippen LogP contribution in [0, 0.1) is 10.1 Å². The molecule has 0 aliphatic rings. The number of benzene rings is 1. The number of anilines is 1. The molecule has 1 aromatic rings. The Morgan fingerprint density at radius 2 is 1.26 bits per heavy atom. The fourth-order valence-electron chi connectivity index (χ4n) is 2.19. The molecule has 1 rings (SSSR count). The van der Waals surface area contributed by atoms with Gasteiger partial charge >= 0.3 is 46.9 Å². The van der Waals surface area contributed by atoms with Gasteiger partial charge in [-0.1, -0.05) is 6.07 Å². The topological polar surface area (TPSA) is 384 Å². The van der Waals surface area contributed by atoms with Crippen molar-refractivity contribution in [3.05, 3.63) is 34.4 Å². The van der Waals surface area contributed by atoms with Crippen LogP contribution in [0.1, 0.15) is 6.42 Å². The average molecular weight is 733 g/mol. The van der Waals surface area contributed by atoms with Crippen molar-refractivity contribution >= 4 is 64.2 Å². The summed E-state index contributed by atoms with van der Waals surface area (Å²) >= 11 is 0. The summed E-state index contributed by atoms with van der Waals surface area (Å²) in [4.78, 5) is 85.0. The van der Waals surface area contributed by atoms with Gasteiger partial charge in [-0.25, -0.2) is 27.4 Å². The summed E-state index contributed by atoms with van der Waals surface area (Å²) in [6, 6.07) is 5.22. The molecule has 0 aliphatic heterocycles. The maximum atomic E-state index is 11.8. The van der Waals surface area contributed by atoms with Crippen LogP contribution < -0.4 is 10.6 Å². The fourth-order valence-corrected chi connectivity index (χ4v) is 9.54. The highest BCUT2D eigenvalue weighted by atomic mass is 31.3. The van der Waals surface area contributed by atoms with E-state index in [2.05, 4.69) is 36.7 Å². The summed E-state index contributed by atoms with van der Waals surface area (Å²) in [7, 11) is -36.5. The second-order valence-electron chi connectivity index (χ2n) is 6.94. The number of non-ortho nitro benzene ring substituents is 1. The lowest BCUT2D eigenvalue weighted by Gasteiger charge is -2.20. The maximum Gasteiger partial charge on any atom is 0.490 e. The number of amides is 1. The van der Waals surface area contributed by atoms with E-state index in [4.69, 9.17) is 14.7 Å². The van der Waals surface area contributed by atoms with E-state index in [1.54, 1.807) is 0 Å². The normalized spacial score (nSPS) is 19.2. The summed E-state index contributed by atoms with van der Waals surface area (Å²) in [6.07, 6.45) is -0.239. The highest BCUT2D eigenvalue weighted by Gasteiger charge is 2.49. The van der Waals surface area contributed by atoms with Crippen molar-refractivity contribution in [1.82, 2.24) is 5.32 Å². The Morgan fingerprint density at radius 3 is 1.74 bits per heavy atom. The Bertz CT molecular complexity index is 1430. The minimum Gasteiger partial charge on any atom is -0.376 e. The van der Waals surface area contributed by atoms with E-state index in [0.29, 0.717) is 0 Å². The van der Waals surface area contributed by atoms with Gasteiger partial charge in [0.15, 0.2) is 0 Å². The van der Waals surface area contributed by atoms with E-state index in [1.165, 1.54) is 24.3 Å². The predicted molar refractivity (Wildman–Crippen MR) is 132 cm³/mol. The molecule has 0 saturated carbocycles. The van der Waals surface area contributed by atoms with Crippen LogP contribution in [-0.2, 0) is 58.3 Å². The zero-order valence-corrected chi connectivity index (χ0v) is 25.4. The quantitative estimate of drug-likeness (QED) is 0.0417. The molecule has 25 nitrogen and oxygen atoms in total. The van der Waals surface area contributed by atoms with E-state index in [9.17, 15) is 61.9 Å². The first-order valence-corrected chi connectivity index (χ1v) is 19.0. The van der Waals surface area contributed by atoms with E-state index in [-0.39, 0.29) is 30.9 Å². The number of nitrogens with zero attached hydrogens (tertiary/aromatic N) is 1. The number of carbonyl (C=O) groups is 1. The lowest BCUT2D eigenvalue weighted by atomic mass is 10.3. The van der Waals surface area contributed by atoms with Crippen LogP contribution in [0.15, 0.2) is 24.3 Å². The van der Waals surface area contributed by atoms with Crippen LogP contribution in [-0.4, -0.2) is 64.8 Å². The van der Waals surface area contributed by atoms with Crippen molar-refractivity contribution in [2.24, 2.45) is 0 Å². The molecule has 0 bridgehead atoms. The lowest BCUT2D eigenvalue weighted by Crippen LogP contribution is -2.31. The number of carbonyl (C=O) groups excluding carboxylic acids is 1. The van der Waals surface area contributed by atoms with Crippen LogP contribution in [0.2, 0.25) is 0 Å².